The van der Waals surface area contributed by atoms with Gasteiger partial charge in [-0.3, -0.25) is 0 Å². The van der Waals surface area contributed by atoms with E-state index in [1.54, 1.807) is 6.07 Å². The first-order chi connectivity index (χ1) is 7.91. The predicted octanol–water partition coefficient (Wildman–Crippen LogP) is 2.48. The topological polar surface area (TPSA) is 61.8 Å². The molecule has 0 bridgehead atoms. The molecule has 0 spiro atoms. The van der Waals surface area contributed by atoms with Gasteiger partial charge in [0.05, 0.1) is 11.6 Å². The second kappa shape index (κ2) is 5.15. The molecule has 0 fully saturated rings. The molecule has 1 unspecified atom stereocenters. The minimum Gasteiger partial charge on any atom is -0.378 e. The summed E-state index contributed by atoms with van der Waals surface area (Å²) in [6.45, 7) is 6.51. The summed E-state index contributed by atoms with van der Waals surface area (Å²) in [7, 11) is 0. The second-order valence-electron chi connectivity index (χ2n) is 4.74. The number of hydrogen-bond acceptors (Lipinski definition) is 3. The third-order valence-electron chi connectivity index (χ3n) is 3.16. The van der Waals surface area contributed by atoms with Crippen molar-refractivity contribution in [2.24, 2.45) is 11.7 Å². The molecule has 0 aliphatic rings. The lowest BCUT2D eigenvalue weighted by atomic mass is 9.88. The zero-order valence-corrected chi connectivity index (χ0v) is 10.4. The third kappa shape index (κ3) is 3.18. The van der Waals surface area contributed by atoms with Gasteiger partial charge in [0.25, 0.3) is 0 Å². The Bertz CT molecular complexity index is 437. The first-order valence-corrected chi connectivity index (χ1v) is 5.60. The highest BCUT2D eigenvalue weighted by Gasteiger charge is 2.26. The number of rotatable bonds is 4. The zero-order valence-electron chi connectivity index (χ0n) is 10.4. The van der Waals surface area contributed by atoms with E-state index in [4.69, 9.17) is 11.0 Å². The highest BCUT2D eigenvalue weighted by atomic mass is 19.1. The fourth-order valence-corrected chi connectivity index (χ4v) is 1.49. The van der Waals surface area contributed by atoms with Crippen molar-refractivity contribution in [1.29, 1.82) is 5.26 Å². The lowest BCUT2D eigenvalue weighted by Crippen LogP contribution is -2.47. The van der Waals surface area contributed by atoms with E-state index < -0.39 is 5.82 Å². The van der Waals surface area contributed by atoms with E-state index in [9.17, 15) is 4.39 Å². The van der Waals surface area contributed by atoms with Crippen LogP contribution in [0.5, 0.6) is 0 Å². The molecule has 0 amide bonds. The van der Waals surface area contributed by atoms with Crippen LogP contribution in [0.4, 0.5) is 10.1 Å². The number of nitriles is 1. The van der Waals surface area contributed by atoms with Crippen LogP contribution in [0, 0.1) is 23.1 Å². The Morgan fingerprint density at radius 2 is 2.12 bits per heavy atom. The smallest absolute Gasteiger partial charge is 0.126 e. The molecular formula is C13H18FN3. The Morgan fingerprint density at radius 1 is 1.47 bits per heavy atom. The minimum atomic E-state index is -0.422. The number of nitrogens with zero attached hydrogens (tertiary/aromatic N) is 1. The molecule has 1 aromatic carbocycles. The maximum Gasteiger partial charge on any atom is 0.126 e. The van der Waals surface area contributed by atoms with Crippen molar-refractivity contribution in [2.75, 3.05) is 11.9 Å². The van der Waals surface area contributed by atoms with E-state index in [1.807, 2.05) is 26.8 Å². The molecule has 17 heavy (non-hydrogen) atoms. The van der Waals surface area contributed by atoms with Crippen molar-refractivity contribution >= 4 is 5.69 Å². The van der Waals surface area contributed by atoms with Crippen molar-refractivity contribution in [2.45, 2.75) is 26.3 Å². The normalized spacial score (nSPS) is 14.2. The summed E-state index contributed by atoms with van der Waals surface area (Å²) in [5.41, 5.74) is 6.31. The average molecular weight is 235 g/mol. The van der Waals surface area contributed by atoms with Gasteiger partial charge < -0.3 is 11.1 Å². The minimum absolute atomic E-state index is 0.293. The Morgan fingerprint density at radius 3 is 2.59 bits per heavy atom. The van der Waals surface area contributed by atoms with Crippen molar-refractivity contribution in [1.82, 2.24) is 0 Å². The molecule has 0 aliphatic heterocycles. The van der Waals surface area contributed by atoms with Crippen LogP contribution in [0.2, 0.25) is 0 Å². The van der Waals surface area contributed by atoms with Crippen LogP contribution in [0.1, 0.15) is 26.3 Å². The van der Waals surface area contributed by atoms with Crippen molar-refractivity contribution < 1.29 is 4.39 Å². The van der Waals surface area contributed by atoms with E-state index in [0.29, 0.717) is 23.7 Å². The Labute approximate surface area is 101 Å². The first kappa shape index (κ1) is 13.5. The van der Waals surface area contributed by atoms with Gasteiger partial charge in [-0.05, 0) is 31.0 Å². The summed E-state index contributed by atoms with van der Waals surface area (Å²) in [4.78, 5) is 0. The number of benzene rings is 1. The van der Waals surface area contributed by atoms with Crippen LogP contribution in [0.3, 0.4) is 0 Å². The summed E-state index contributed by atoms with van der Waals surface area (Å²) in [5.74, 6) is -0.129. The summed E-state index contributed by atoms with van der Waals surface area (Å²) >= 11 is 0. The molecule has 0 saturated heterocycles. The highest BCUT2D eigenvalue weighted by Crippen LogP contribution is 2.23. The van der Waals surface area contributed by atoms with Gasteiger partial charge in [-0.15, -0.1) is 0 Å². The fourth-order valence-electron chi connectivity index (χ4n) is 1.49. The predicted molar refractivity (Wildman–Crippen MR) is 67.0 cm³/mol. The molecule has 4 heteroatoms. The van der Waals surface area contributed by atoms with Gasteiger partial charge in [-0.2, -0.15) is 5.26 Å². The molecular weight excluding hydrogens is 217 g/mol. The van der Waals surface area contributed by atoms with Crippen LogP contribution in [-0.4, -0.2) is 12.1 Å². The lowest BCUT2D eigenvalue weighted by molar-refractivity contribution is 0.382. The first-order valence-electron chi connectivity index (χ1n) is 5.60. The standard InChI is InChI=1S/C13H18FN3/c1-9(2)13(3,8-16)17-12-5-10(7-15)4-11(14)6-12/h4-6,9,17H,8,16H2,1-3H3. The number of nitrogens with one attached hydrogen (secondary N) is 1. The van der Waals surface area contributed by atoms with Crippen molar-refractivity contribution in [3.05, 3.63) is 29.6 Å². The number of nitrogens with two attached hydrogens (primary N) is 1. The molecule has 92 valence electrons. The number of halogens is 1. The Hall–Kier alpha value is -1.60. The highest BCUT2D eigenvalue weighted by molar-refractivity contribution is 5.51. The SMILES string of the molecule is CC(C)C(C)(CN)Nc1cc(F)cc(C#N)c1. The van der Waals surface area contributed by atoms with E-state index in [-0.39, 0.29) is 5.54 Å². The maximum atomic E-state index is 13.3. The van der Waals surface area contributed by atoms with E-state index in [0.717, 1.165) is 0 Å². The lowest BCUT2D eigenvalue weighted by Gasteiger charge is -2.34. The number of hydrogen-bond donors (Lipinski definition) is 2. The zero-order chi connectivity index (χ0) is 13.1. The van der Waals surface area contributed by atoms with Gasteiger partial charge in [-0.25, -0.2) is 4.39 Å². The van der Waals surface area contributed by atoms with E-state index >= 15 is 0 Å². The van der Waals surface area contributed by atoms with E-state index in [1.165, 1.54) is 12.1 Å². The molecule has 0 radical (unpaired) electrons. The summed E-state index contributed by atoms with van der Waals surface area (Å²) in [6, 6.07) is 6.14. The summed E-state index contributed by atoms with van der Waals surface area (Å²) in [6.07, 6.45) is 0. The van der Waals surface area contributed by atoms with Gasteiger partial charge in [0.15, 0.2) is 0 Å². The van der Waals surface area contributed by atoms with Gasteiger partial charge in [0.2, 0.25) is 0 Å². The van der Waals surface area contributed by atoms with Gasteiger partial charge >= 0.3 is 0 Å². The van der Waals surface area contributed by atoms with Gasteiger partial charge in [0, 0.05) is 17.8 Å². The van der Waals surface area contributed by atoms with Crippen LogP contribution < -0.4 is 11.1 Å². The molecule has 0 heterocycles. The molecule has 0 aromatic heterocycles. The molecule has 0 aliphatic carbocycles. The van der Waals surface area contributed by atoms with Gasteiger partial charge in [0.1, 0.15) is 5.82 Å². The molecule has 3 nitrogen and oxygen atoms in total. The molecule has 1 rings (SSSR count). The molecule has 1 atom stereocenters. The van der Waals surface area contributed by atoms with Crippen molar-refractivity contribution in [3.8, 4) is 6.07 Å². The summed E-state index contributed by atoms with van der Waals surface area (Å²) < 4.78 is 13.3. The van der Waals surface area contributed by atoms with Crippen molar-refractivity contribution in [3.63, 3.8) is 0 Å². The monoisotopic (exact) mass is 235 g/mol. The average Bonchev–Trinajstić information content (AvgIpc) is 2.27. The van der Waals surface area contributed by atoms with Crippen LogP contribution in [-0.2, 0) is 0 Å². The number of anilines is 1. The Kier molecular flexibility index (Phi) is 4.08. The summed E-state index contributed by atoms with van der Waals surface area (Å²) in [5, 5.41) is 12.0. The molecule has 3 N–H and O–H groups in total. The quantitative estimate of drug-likeness (QED) is 0.842. The molecule has 1 aromatic rings. The fraction of sp³-hybridized carbons (Fsp3) is 0.462. The van der Waals surface area contributed by atoms with E-state index in [2.05, 4.69) is 5.32 Å². The van der Waals surface area contributed by atoms with Gasteiger partial charge in [-0.1, -0.05) is 13.8 Å². The van der Waals surface area contributed by atoms with Crippen LogP contribution >= 0.6 is 0 Å². The van der Waals surface area contributed by atoms with Crippen LogP contribution in [0.15, 0.2) is 18.2 Å². The largest absolute Gasteiger partial charge is 0.378 e. The Balaban J connectivity index is 3.02. The second-order valence-corrected chi connectivity index (χ2v) is 4.74. The third-order valence-corrected chi connectivity index (χ3v) is 3.16. The maximum absolute atomic E-state index is 13.3. The van der Waals surface area contributed by atoms with Crippen LogP contribution in [0.25, 0.3) is 0 Å². The molecule has 0 saturated carbocycles.